The lowest BCUT2D eigenvalue weighted by molar-refractivity contribution is -0.124. The van der Waals surface area contributed by atoms with Crippen LogP contribution in [0.15, 0.2) is 54.6 Å². The van der Waals surface area contributed by atoms with Crippen LogP contribution in [0.1, 0.15) is 49.0 Å². The first kappa shape index (κ1) is 20.1. The van der Waals surface area contributed by atoms with Gasteiger partial charge in [0.1, 0.15) is 6.10 Å². The Labute approximate surface area is 166 Å². The minimum atomic E-state index is -0.394. The van der Waals surface area contributed by atoms with Crippen molar-refractivity contribution in [2.75, 3.05) is 11.9 Å². The molecule has 0 saturated carbocycles. The summed E-state index contributed by atoms with van der Waals surface area (Å²) in [5.41, 5.74) is 2.29. The number of nitrogens with one attached hydrogen (secondary N) is 1. The SMILES string of the molecule is CC[C@H](C)N(Cc1ccccc1)C(=O)c1cccc(NC(=O)[C@H]2CCCO2)c1. The van der Waals surface area contributed by atoms with Crippen molar-refractivity contribution in [1.82, 2.24) is 4.90 Å². The fraction of sp³-hybridized carbons (Fsp3) is 0.391. The van der Waals surface area contributed by atoms with Gasteiger partial charge in [0.05, 0.1) is 0 Å². The summed E-state index contributed by atoms with van der Waals surface area (Å²) in [4.78, 5) is 27.4. The fourth-order valence-corrected chi connectivity index (χ4v) is 3.33. The number of ether oxygens (including phenoxy) is 1. The van der Waals surface area contributed by atoms with E-state index in [4.69, 9.17) is 4.74 Å². The van der Waals surface area contributed by atoms with E-state index in [0.29, 0.717) is 24.4 Å². The second-order valence-corrected chi connectivity index (χ2v) is 7.25. The van der Waals surface area contributed by atoms with Crippen LogP contribution in [0, 0.1) is 0 Å². The van der Waals surface area contributed by atoms with E-state index in [1.54, 1.807) is 24.3 Å². The predicted molar refractivity (Wildman–Crippen MR) is 110 cm³/mol. The van der Waals surface area contributed by atoms with Crippen LogP contribution in [0.5, 0.6) is 0 Å². The van der Waals surface area contributed by atoms with Crippen LogP contribution in [0.4, 0.5) is 5.69 Å². The lowest BCUT2D eigenvalue weighted by atomic mass is 10.1. The van der Waals surface area contributed by atoms with Crippen molar-refractivity contribution < 1.29 is 14.3 Å². The topological polar surface area (TPSA) is 58.6 Å². The standard InChI is InChI=1S/C23H28N2O3/c1-3-17(2)25(16-18-9-5-4-6-10-18)23(27)19-11-7-12-20(15-19)24-22(26)21-13-8-14-28-21/h4-7,9-12,15,17,21H,3,8,13-14,16H2,1-2H3,(H,24,26)/t17-,21+/m0/s1. The Hall–Kier alpha value is -2.66. The summed E-state index contributed by atoms with van der Waals surface area (Å²) in [6.07, 6.45) is 2.12. The first-order valence-electron chi connectivity index (χ1n) is 9.96. The number of carbonyl (C=O) groups is 2. The van der Waals surface area contributed by atoms with Gasteiger partial charge in [-0.2, -0.15) is 0 Å². The first-order valence-corrected chi connectivity index (χ1v) is 9.96. The third-order valence-corrected chi connectivity index (χ3v) is 5.18. The molecule has 148 valence electrons. The predicted octanol–water partition coefficient (Wildman–Crippen LogP) is 4.25. The van der Waals surface area contributed by atoms with E-state index >= 15 is 0 Å². The molecule has 2 atom stereocenters. The van der Waals surface area contributed by atoms with Crippen LogP contribution in [-0.4, -0.2) is 35.5 Å². The van der Waals surface area contributed by atoms with E-state index in [2.05, 4.69) is 19.2 Å². The van der Waals surface area contributed by atoms with Crippen molar-refractivity contribution in [1.29, 1.82) is 0 Å². The van der Waals surface area contributed by atoms with Crippen molar-refractivity contribution >= 4 is 17.5 Å². The number of hydrogen-bond acceptors (Lipinski definition) is 3. The van der Waals surface area contributed by atoms with E-state index < -0.39 is 6.10 Å². The third kappa shape index (κ3) is 4.98. The molecule has 1 aliphatic heterocycles. The molecule has 2 aromatic carbocycles. The molecule has 5 nitrogen and oxygen atoms in total. The zero-order valence-electron chi connectivity index (χ0n) is 16.6. The Kier molecular flexibility index (Phi) is 6.82. The molecule has 1 aliphatic rings. The Bertz CT molecular complexity index is 801. The van der Waals surface area contributed by atoms with Crippen LogP contribution in [0.25, 0.3) is 0 Å². The summed E-state index contributed by atoms with van der Waals surface area (Å²) >= 11 is 0. The van der Waals surface area contributed by atoms with Crippen LogP contribution < -0.4 is 5.32 Å². The van der Waals surface area contributed by atoms with Gasteiger partial charge in [-0.25, -0.2) is 0 Å². The first-order chi connectivity index (χ1) is 13.6. The number of anilines is 1. The van der Waals surface area contributed by atoms with Gasteiger partial charge in [-0.15, -0.1) is 0 Å². The molecule has 2 amide bonds. The molecule has 0 aromatic heterocycles. The average Bonchev–Trinajstić information content (AvgIpc) is 3.27. The molecule has 0 bridgehead atoms. The quantitative estimate of drug-likeness (QED) is 0.781. The molecular weight excluding hydrogens is 352 g/mol. The summed E-state index contributed by atoms with van der Waals surface area (Å²) in [5.74, 6) is -0.184. The van der Waals surface area contributed by atoms with Gasteiger partial charge in [-0.3, -0.25) is 9.59 Å². The van der Waals surface area contributed by atoms with E-state index in [-0.39, 0.29) is 17.9 Å². The molecule has 1 heterocycles. The number of benzene rings is 2. The van der Waals surface area contributed by atoms with Crippen LogP contribution in [-0.2, 0) is 16.1 Å². The van der Waals surface area contributed by atoms with E-state index in [9.17, 15) is 9.59 Å². The van der Waals surface area contributed by atoms with Crippen LogP contribution in [0.2, 0.25) is 0 Å². The molecular formula is C23H28N2O3. The van der Waals surface area contributed by atoms with Gasteiger partial charge in [0.25, 0.3) is 11.8 Å². The van der Waals surface area contributed by atoms with E-state index in [1.807, 2.05) is 35.2 Å². The highest BCUT2D eigenvalue weighted by Crippen LogP contribution is 2.19. The maximum atomic E-state index is 13.2. The summed E-state index contributed by atoms with van der Waals surface area (Å²) in [6.45, 7) is 5.32. The van der Waals surface area contributed by atoms with Gasteiger partial charge in [0, 0.05) is 30.4 Å². The summed E-state index contributed by atoms with van der Waals surface area (Å²) in [5, 5.41) is 2.88. The Morgan fingerprint density at radius 1 is 1.18 bits per heavy atom. The normalized spacial score (nSPS) is 17.1. The van der Waals surface area contributed by atoms with Crippen molar-refractivity contribution in [2.45, 2.75) is 51.8 Å². The Morgan fingerprint density at radius 2 is 1.96 bits per heavy atom. The van der Waals surface area contributed by atoms with Gasteiger partial charge in [-0.1, -0.05) is 43.3 Å². The van der Waals surface area contributed by atoms with Crippen LogP contribution >= 0.6 is 0 Å². The van der Waals surface area contributed by atoms with Gasteiger partial charge in [-0.05, 0) is 49.9 Å². The maximum Gasteiger partial charge on any atom is 0.254 e. The minimum Gasteiger partial charge on any atom is -0.368 e. The zero-order chi connectivity index (χ0) is 19.9. The lowest BCUT2D eigenvalue weighted by Crippen LogP contribution is -2.37. The fourth-order valence-electron chi connectivity index (χ4n) is 3.33. The second-order valence-electron chi connectivity index (χ2n) is 7.25. The molecule has 0 aliphatic carbocycles. The number of amides is 2. The van der Waals surface area contributed by atoms with Gasteiger partial charge < -0.3 is 15.0 Å². The molecule has 0 spiro atoms. The molecule has 5 heteroatoms. The Balaban J connectivity index is 1.75. The van der Waals surface area contributed by atoms with Gasteiger partial charge >= 0.3 is 0 Å². The maximum absolute atomic E-state index is 13.2. The molecule has 1 fully saturated rings. The average molecular weight is 380 g/mol. The highest BCUT2D eigenvalue weighted by atomic mass is 16.5. The summed E-state index contributed by atoms with van der Waals surface area (Å²) < 4.78 is 5.43. The molecule has 1 saturated heterocycles. The van der Waals surface area contributed by atoms with E-state index in [1.165, 1.54) is 0 Å². The lowest BCUT2D eigenvalue weighted by Gasteiger charge is -2.29. The highest BCUT2D eigenvalue weighted by molar-refractivity contribution is 5.98. The summed E-state index contributed by atoms with van der Waals surface area (Å²) in [6, 6.07) is 17.2. The van der Waals surface area contributed by atoms with E-state index in [0.717, 1.165) is 24.8 Å². The summed E-state index contributed by atoms with van der Waals surface area (Å²) in [7, 11) is 0. The van der Waals surface area contributed by atoms with Gasteiger partial charge in [0.15, 0.2) is 0 Å². The van der Waals surface area contributed by atoms with Crippen molar-refractivity contribution in [3.05, 3.63) is 65.7 Å². The molecule has 3 rings (SSSR count). The van der Waals surface area contributed by atoms with Crippen molar-refractivity contribution in [3.8, 4) is 0 Å². The number of rotatable bonds is 7. The molecule has 2 aromatic rings. The highest BCUT2D eigenvalue weighted by Gasteiger charge is 2.24. The Morgan fingerprint density at radius 3 is 2.64 bits per heavy atom. The molecule has 0 unspecified atom stereocenters. The molecule has 28 heavy (non-hydrogen) atoms. The monoisotopic (exact) mass is 380 g/mol. The number of carbonyl (C=O) groups excluding carboxylic acids is 2. The largest absolute Gasteiger partial charge is 0.368 e. The minimum absolute atomic E-state index is 0.0357. The smallest absolute Gasteiger partial charge is 0.254 e. The number of nitrogens with zero attached hydrogens (tertiary/aromatic N) is 1. The third-order valence-electron chi connectivity index (χ3n) is 5.18. The molecule has 0 radical (unpaired) electrons. The zero-order valence-corrected chi connectivity index (χ0v) is 16.6. The molecule has 1 N–H and O–H groups in total. The van der Waals surface area contributed by atoms with Crippen LogP contribution in [0.3, 0.4) is 0 Å². The van der Waals surface area contributed by atoms with Crippen molar-refractivity contribution in [3.63, 3.8) is 0 Å². The number of hydrogen-bond donors (Lipinski definition) is 1. The van der Waals surface area contributed by atoms with Crippen molar-refractivity contribution in [2.24, 2.45) is 0 Å². The second kappa shape index (κ2) is 9.51. The van der Waals surface area contributed by atoms with Gasteiger partial charge in [0.2, 0.25) is 0 Å².